The fourth-order valence-corrected chi connectivity index (χ4v) is 1.59. The highest BCUT2D eigenvalue weighted by molar-refractivity contribution is 6.70. The smallest absolute Gasteiger partial charge is 0.160 e. The van der Waals surface area contributed by atoms with Crippen molar-refractivity contribution in [3.05, 3.63) is 34.6 Å². The third-order valence-electron chi connectivity index (χ3n) is 1.89. The second kappa shape index (κ2) is 5.33. The van der Waals surface area contributed by atoms with E-state index in [1.807, 2.05) is 6.92 Å². The van der Waals surface area contributed by atoms with Gasteiger partial charge in [-0.25, -0.2) is 4.39 Å². The molecule has 0 heterocycles. The minimum Gasteiger partial charge on any atom is -0.299 e. The van der Waals surface area contributed by atoms with E-state index >= 15 is 0 Å². The summed E-state index contributed by atoms with van der Waals surface area (Å²) >= 11 is 11.7. The molecule has 1 aromatic carbocycles. The third-order valence-corrected chi connectivity index (χ3v) is 2.46. The second-order valence-corrected chi connectivity index (χ2v) is 3.73. The number of halogens is 3. The molecule has 0 unspecified atom stereocenters. The van der Waals surface area contributed by atoms with Crippen molar-refractivity contribution in [3.8, 4) is 0 Å². The molecule has 0 saturated carbocycles. The molecule has 0 bridgehead atoms. The fraction of sp³-hybridized carbons (Fsp3) is 0.300. The van der Waals surface area contributed by atoms with Crippen LogP contribution in [0.3, 0.4) is 0 Å². The molecular weight excluding hydrogens is 238 g/mol. The van der Waals surface area contributed by atoms with Gasteiger partial charge in [0, 0.05) is 13.6 Å². The first-order valence-electron chi connectivity index (χ1n) is 4.46. The SMILES string of the molecule is CCN(C)/N=C(/Cl)c1c(F)cccc1Cl. The van der Waals surface area contributed by atoms with Crippen LogP contribution >= 0.6 is 23.2 Å². The van der Waals surface area contributed by atoms with Gasteiger partial charge >= 0.3 is 0 Å². The van der Waals surface area contributed by atoms with Crippen LogP contribution in [0.2, 0.25) is 5.02 Å². The Labute approximate surface area is 98.3 Å². The first kappa shape index (κ1) is 12.3. The molecular formula is C10H11Cl2FN2. The fourth-order valence-electron chi connectivity index (χ4n) is 0.965. The molecule has 0 aliphatic rings. The van der Waals surface area contributed by atoms with Crippen LogP contribution in [-0.2, 0) is 0 Å². The number of hydrogen-bond acceptors (Lipinski definition) is 2. The van der Waals surface area contributed by atoms with Gasteiger partial charge in [0.25, 0.3) is 0 Å². The normalized spacial score (nSPS) is 11.7. The van der Waals surface area contributed by atoms with Gasteiger partial charge in [-0.05, 0) is 19.1 Å². The molecule has 0 aromatic heterocycles. The lowest BCUT2D eigenvalue weighted by molar-refractivity contribution is 0.376. The maximum atomic E-state index is 13.4. The van der Waals surface area contributed by atoms with E-state index < -0.39 is 5.82 Å². The van der Waals surface area contributed by atoms with Gasteiger partial charge in [-0.1, -0.05) is 29.3 Å². The standard InChI is InChI=1S/C10H11Cl2FN2/c1-3-15(2)14-10(12)9-7(11)5-4-6-8(9)13/h4-6H,3H2,1-2H3/b14-10+. The summed E-state index contributed by atoms with van der Waals surface area (Å²) in [5.74, 6) is -0.472. The number of hydrazone groups is 1. The summed E-state index contributed by atoms with van der Waals surface area (Å²) in [7, 11) is 1.75. The van der Waals surface area contributed by atoms with E-state index in [4.69, 9.17) is 23.2 Å². The maximum Gasteiger partial charge on any atom is 0.160 e. The molecule has 0 amide bonds. The number of benzene rings is 1. The molecule has 0 atom stereocenters. The van der Waals surface area contributed by atoms with E-state index in [0.29, 0.717) is 6.54 Å². The average molecular weight is 249 g/mol. The maximum absolute atomic E-state index is 13.4. The predicted octanol–water partition coefficient (Wildman–Crippen LogP) is 3.33. The van der Waals surface area contributed by atoms with E-state index in [1.54, 1.807) is 18.1 Å². The summed E-state index contributed by atoms with van der Waals surface area (Å²) in [6.07, 6.45) is 0. The van der Waals surface area contributed by atoms with Gasteiger partial charge in [-0.15, -0.1) is 0 Å². The highest BCUT2D eigenvalue weighted by atomic mass is 35.5. The minimum absolute atomic E-state index is 0.0578. The van der Waals surface area contributed by atoms with E-state index in [2.05, 4.69) is 5.10 Å². The second-order valence-electron chi connectivity index (χ2n) is 2.96. The molecule has 0 spiro atoms. The third kappa shape index (κ3) is 3.08. The molecule has 0 aliphatic carbocycles. The Kier molecular flexibility index (Phi) is 4.36. The molecule has 0 fully saturated rings. The zero-order valence-corrected chi connectivity index (χ0v) is 9.98. The molecule has 15 heavy (non-hydrogen) atoms. The number of hydrogen-bond donors (Lipinski definition) is 0. The van der Waals surface area contributed by atoms with Crippen molar-refractivity contribution in [2.24, 2.45) is 5.10 Å². The van der Waals surface area contributed by atoms with Crippen LogP contribution in [0.15, 0.2) is 23.3 Å². The Morgan fingerprint density at radius 3 is 2.73 bits per heavy atom. The summed E-state index contributed by atoms with van der Waals surface area (Å²) in [4.78, 5) is 0. The van der Waals surface area contributed by atoms with Crippen molar-refractivity contribution in [1.82, 2.24) is 5.01 Å². The molecule has 82 valence electrons. The van der Waals surface area contributed by atoms with E-state index in [-0.39, 0.29) is 15.8 Å². The minimum atomic E-state index is -0.472. The van der Waals surface area contributed by atoms with Crippen molar-refractivity contribution in [2.45, 2.75) is 6.92 Å². The molecule has 0 N–H and O–H groups in total. The molecule has 0 radical (unpaired) electrons. The van der Waals surface area contributed by atoms with E-state index in [0.717, 1.165) is 0 Å². The van der Waals surface area contributed by atoms with Crippen LogP contribution in [0.25, 0.3) is 0 Å². The Hall–Kier alpha value is -0.800. The summed E-state index contributed by atoms with van der Waals surface area (Å²) < 4.78 is 13.4. The first-order valence-corrected chi connectivity index (χ1v) is 5.21. The van der Waals surface area contributed by atoms with Crippen LogP contribution in [-0.4, -0.2) is 23.8 Å². The van der Waals surface area contributed by atoms with Gasteiger partial charge in [-0.3, -0.25) is 5.01 Å². The molecule has 0 saturated heterocycles. The van der Waals surface area contributed by atoms with Crippen LogP contribution in [0.1, 0.15) is 12.5 Å². The summed E-state index contributed by atoms with van der Waals surface area (Å²) in [6.45, 7) is 2.60. The first-order chi connectivity index (χ1) is 7.06. The van der Waals surface area contributed by atoms with E-state index in [9.17, 15) is 4.39 Å². The topological polar surface area (TPSA) is 15.6 Å². The Balaban J connectivity index is 3.10. The number of nitrogens with zero attached hydrogens (tertiary/aromatic N) is 2. The summed E-state index contributed by atoms with van der Waals surface area (Å²) in [6, 6.07) is 4.39. The Morgan fingerprint density at radius 2 is 2.20 bits per heavy atom. The van der Waals surface area contributed by atoms with Crippen molar-refractivity contribution in [3.63, 3.8) is 0 Å². The molecule has 1 rings (SSSR count). The quantitative estimate of drug-likeness (QED) is 0.592. The lowest BCUT2D eigenvalue weighted by Gasteiger charge is -2.11. The highest BCUT2D eigenvalue weighted by Gasteiger charge is 2.12. The molecule has 1 aromatic rings. The number of rotatable bonds is 3. The largest absolute Gasteiger partial charge is 0.299 e. The molecule has 5 heteroatoms. The van der Waals surface area contributed by atoms with E-state index in [1.165, 1.54) is 12.1 Å². The molecule has 2 nitrogen and oxygen atoms in total. The van der Waals surface area contributed by atoms with Gasteiger partial charge in [0.2, 0.25) is 0 Å². The average Bonchev–Trinajstić information content (AvgIpc) is 2.17. The van der Waals surface area contributed by atoms with Crippen LogP contribution in [0, 0.1) is 5.82 Å². The summed E-state index contributed by atoms with van der Waals surface area (Å²) in [5.41, 5.74) is 0.140. The van der Waals surface area contributed by atoms with Gasteiger partial charge in [0.15, 0.2) is 5.17 Å². The van der Waals surface area contributed by atoms with Crippen LogP contribution < -0.4 is 0 Å². The zero-order chi connectivity index (χ0) is 11.4. The highest BCUT2D eigenvalue weighted by Crippen LogP contribution is 2.21. The van der Waals surface area contributed by atoms with Gasteiger partial charge in [0.1, 0.15) is 5.82 Å². The van der Waals surface area contributed by atoms with Crippen molar-refractivity contribution < 1.29 is 4.39 Å². The van der Waals surface area contributed by atoms with Crippen molar-refractivity contribution in [1.29, 1.82) is 0 Å². The van der Waals surface area contributed by atoms with Gasteiger partial charge in [-0.2, -0.15) is 5.10 Å². The predicted molar refractivity (Wildman–Crippen MR) is 62.1 cm³/mol. The zero-order valence-electron chi connectivity index (χ0n) is 8.47. The monoisotopic (exact) mass is 248 g/mol. The van der Waals surface area contributed by atoms with Crippen LogP contribution in [0.4, 0.5) is 4.39 Å². The van der Waals surface area contributed by atoms with Crippen molar-refractivity contribution in [2.75, 3.05) is 13.6 Å². The van der Waals surface area contributed by atoms with Gasteiger partial charge in [0.05, 0.1) is 10.6 Å². The Bertz CT molecular complexity index is 359. The lowest BCUT2D eigenvalue weighted by Crippen LogP contribution is -2.12. The van der Waals surface area contributed by atoms with Crippen molar-refractivity contribution >= 4 is 28.4 Å². The molecule has 0 aliphatic heterocycles. The van der Waals surface area contributed by atoms with Crippen LogP contribution in [0.5, 0.6) is 0 Å². The summed E-state index contributed by atoms with van der Waals surface area (Å²) in [5, 5.41) is 5.90. The lowest BCUT2D eigenvalue weighted by atomic mass is 10.2. The Morgan fingerprint density at radius 1 is 1.53 bits per heavy atom. The van der Waals surface area contributed by atoms with Gasteiger partial charge < -0.3 is 0 Å².